The maximum absolute atomic E-state index is 13.7. The van der Waals surface area contributed by atoms with Crippen molar-refractivity contribution in [3.8, 4) is 28.7 Å². The number of hydrogen-bond donors (Lipinski definition) is 7. The van der Waals surface area contributed by atoms with E-state index in [1.54, 1.807) is 42.5 Å². The summed E-state index contributed by atoms with van der Waals surface area (Å²) in [5.41, 5.74) is -3.51. The van der Waals surface area contributed by atoms with Crippen LogP contribution < -0.4 is 51.4 Å². The summed E-state index contributed by atoms with van der Waals surface area (Å²) >= 11 is 0. The van der Waals surface area contributed by atoms with Crippen molar-refractivity contribution in [2.75, 3.05) is 125 Å². The van der Waals surface area contributed by atoms with Crippen molar-refractivity contribution in [3.05, 3.63) is 48.0 Å². The average Bonchev–Trinajstić information content (AvgIpc) is 1.69. The van der Waals surface area contributed by atoms with Gasteiger partial charge in [0.15, 0.2) is 0 Å². The van der Waals surface area contributed by atoms with Crippen molar-refractivity contribution in [3.63, 3.8) is 0 Å². The van der Waals surface area contributed by atoms with E-state index in [1.807, 2.05) is 111 Å². The predicted molar refractivity (Wildman–Crippen MR) is 438 cm³/mol. The number of rotatable bonds is 52. The maximum atomic E-state index is 13.7. The highest BCUT2D eigenvalue weighted by atomic mass is 32.2. The first-order valence-electron chi connectivity index (χ1n) is 39.5. The molecule has 0 aliphatic rings. The van der Waals surface area contributed by atoms with Gasteiger partial charge in [0.05, 0.1) is 72.5 Å². The number of carbonyl (C=O) groups is 7. The lowest BCUT2D eigenvalue weighted by molar-refractivity contribution is -0.132. The monoisotopic (exact) mass is 1600 g/mol. The minimum atomic E-state index is -3.68. The highest BCUT2D eigenvalue weighted by Crippen LogP contribution is 2.36. The minimum Gasteiger partial charge on any atom is -0.492 e. The van der Waals surface area contributed by atoms with Crippen LogP contribution in [0.1, 0.15) is 235 Å². The van der Waals surface area contributed by atoms with Crippen molar-refractivity contribution >= 4 is 51.2 Å². The van der Waals surface area contributed by atoms with Crippen LogP contribution >= 0.6 is 0 Å². The van der Waals surface area contributed by atoms with Crippen LogP contribution in [0.5, 0.6) is 17.2 Å². The van der Waals surface area contributed by atoms with Crippen LogP contribution in [-0.4, -0.2) is 185 Å². The zero-order chi connectivity index (χ0) is 85.2. The third kappa shape index (κ3) is 41.9. The van der Waals surface area contributed by atoms with Gasteiger partial charge < -0.3 is 74.8 Å². The van der Waals surface area contributed by atoms with Gasteiger partial charge in [-0.1, -0.05) is 185 Å². The van der Waals surface area contributed by atoms with Gasteiger partial charge >= 0.3 is 5.22 Å². The SMILES string of the molecule is CC(C)(C)CCC(C)(C)C(=O)NCC(C)(C)COCC(C)(C)CC(=O)NCC(C)(C)COCC(C)(C)CC(=O)NCCOc1cc(OCCNC(=O)CC(C)(C)COCC(C)(C)CNC(=O)CC(C)(C)COCC(C)(C)CNC(=O)C(C)(C)CC(C)(C)C)cc(C(=O)NCCOc2ccc(-c3nnc(S(C)(=O)=O)o3)cc2)c1. The maximum Gasteiger partial charge on any atom is 0.335 e. The summed E-state index contributed by atoms with van der Waals surface area (Å²) in [5, 5.41) is 28.0. The normalized spacial score (nSPS) is 13.2. The predicted octanol–water partition coefficient (Wildman–Crippen LogP) is 12.6. The van der Waals surface area contributed by atoms with Gasteiger partial charge in [0, 0.05) is 108 Å². The van der Waals surface area contributed by atoms with Crippen LogP contribution in [0.15, 0.2) is 52.1 Å². The van der Waals surface area contributed by atoms with Gasteiger partial charge in [0.1, 0.15) is 37.1 Å². The number of amides is 7. The summed E-state index contributed by atoms with van der Waals surface area (Å²) in [6.45, 7) is 58.0. The van der Waals surface area contributed by atoms with E-state index in [-0.39, 0.29) is 158 Å². The second-order valence-corrected chi connectivity index (χ2v) is 42.7. The molecule has 2 aromatic carbocycles. The first-order chi connectivity index (χ1) is 51.1. The lowest BCUT2D eigenvalue weighted by Crippen LogP contribution is -2.44. The Hall–Kier alpha value is -6.94. The highest BCUT2D eigenvalue weighted by Gasteiger charge is 2.36. The Morgan fingerprint density at radius 1 is 0.375 bits per heavy atom. The van der Waals surface area contributed by atoms with Crippen LogP contribution in [-0.2, 0) is 57.6 Å². The molecule has 0 saturated heterocycles. The summed E-state index contributed by atoms with van der Waals surface area (Å²) in [6, 6.07) is 11.3. The third-order valence-electron chi connectivity index (χ3n) is 18.2. The fraction of sp³-hybridized carbons (Fsp3) is 0.753. The summed E-state index contributed by atoms with van der Waals surface area (Å²) in [6.07, 6.45) is 4.31. The molecule has 0 spiro atoms. The van der Waals surface area contributed by atoms with Crippen LogP contribution in [0.2, 0.25) is 0 Å². The van der Waals surface area contributed by atoms with Gasteiger partial charge in [0.2, 0.25) is 51.2 Å². The fourth-order valence-corrected chi connectivity index (χ4v) is 12.4. The first-order valence-corrected chi connectivity index (χ1v) is 41.4. The van der Waals surface area contributed by atoms with E-state index in [1.165, 1.54) is 0 Å². The molecule has 0 saturated carbocycles. The molecule has 7 N–H and O–H groups in total. The number of benzene rings is 2. The topological polar surface area (TPSA) is 341 Å². The zero-order valence-corrected chi connectivity index (χ0v) is 74.3. The van der Waals surface area contributed by atoms with Crippen molar-refractivity contribution in [1.29, 1.82) is 0 Å². The largest absolute Gasteiger partial charge is 0.492 e. The molecule has 112 heavy (non-hydrogen) atoms. The molecule has 3 aromatic rings. The number of hydrogen-bond acceptors (Lipinski definition) is 19. The summed E-state index contributed by atoms with van der Waals surface area (Å²) in [5.74, 6) is 0.0500. The highest BCUT2D eigenvalue weighted by molar-refractivity contribution is 7.90. The molecular formula is C85H145N9O17S. The van der Waals surface area contributed by atoms with E-state index in [9.17, 15) is 42.0 Å². The summed E-state index contributed by atoms with van der Waals surface area (Å²) < 4.78 is 71.7. The lowest BCUT2D eigenvalue weighted by atomic mass is 9.75. The molecule has 3 rings (SSSR count). The third-order valence-corrected chi connectivity index (χ3v) is 19.0. The van der Waals surface area contributed by atoms with E-state index in [0.29, 0.717) is 77.1 Å². The Kier molecular flexibility index (Phi) is 37.3. The van der Waals surface area contributed by atoms with Gasteiger partial charge in [-0.05, 0) is 88.2 Å². The molecule has 1 heterocycles. The number of aromatic nitrogens is 2. The molecule has 27 heteroatoms. The first kappa shape index (κ1) is 99.3. The molecule has 7 amide bonds. The van der Waals surface area contributed by atoms with Crippen LogP contribution in [0.4, 0.5) is 0 Å². The molecule has 0 aliphatic heterocycles. The summed E-state index contributed by atoms with van der Waals surface area (Å²) in [7, 11) is -3.68. The van der Waals surface area contributed by atoms with Gasteiger partial charge in [-0.25, -0.2) is 8.42 Å². The number of nitrogens with one attached hydrogen (secondary N) is 7. The van der Waals surface area contributed by atoms with E-state index in [4.69, 9.17) is 37.6 Å². The molecule has 0 atom stereocenters. The van der Waals surface area contributed by atoms with Crippen LogP contribution in [0, 0.1) is 65.0 Å². The van der Waals surface area contributed by atoms with Crippen molar-refractivity contribution in [2.24, 2.45) is 65.0 Å². The zero-order valence-electron chi connectivity index (χ0n) is 73.5. The van der Waals surface area contributed by atoms with Gasteiger partial charge in [0.25, 0.3) is 5.91 Å². The smallest absolute Gasteiger partial charge is 0.335 e. The van der Waals surface area contributed by atoms with E-state index >= 15 is 0 Å². The number of ether oxygens (including phenoxy) is 7. The van der Waals surface area contributed by atoms with Crippen LogP contribution in [0.3, 0.4) is 0 Å². The quantitative estimate of drug-likeness (QED) is 0.0258. The molecule has 0 unspecified atom stereocenters. The lowest BCUT2D eigenvalue weighted by Gasteiger charge is -2.33. The van der Waals surface area contributed by atoms with Crippen molar-refractivity contribution in [2.45, 2.75) is 230 Å². The number of nitrogens with zero attached hydrogens (tertiary/aromatic N) is 2. The second kappa shape index (κ2) is 42.1. The molecule has 1 aromatic heterocycles. The minimum absolute atomic E-state index is 0.0212. The van der Waals surface area contributed by atoms with Gasteiger partial charge in [-0.15, -0.1) is 5.10 Å². The average molecular weight is 1600 g/mol. The van der Waals surface area contributed by atoms with Gasteiger partial charge in [-0.2, -0.15) is 0 Å². The fourth-order valence-electron chi connectivity index (χ4n) is 12.0. The van der Waals surface area contributed by atoms with Crippen molar-refractivity contribution < 1.29 is 79.6 Å². The molecule has 0 fully saturated rings. The molecule has 0 aliphatic carbocycles. The number of carbonyl (C=O) groups excluding carboxylic acids is 7. The molecule has 26 nitrogen and oxygen atoms in total. The molecule has 0 radical (unpaired) electrons. The summed E-state index contributed by atoms with van der Waals surface area (Å²) in [4.78, 5) is 93.1. The number of sulfone groups is 1. The Morgan fingerprint density at radius 2 is 0.705 bits per heavy atom. The molecule has 638 valence electrons. The molecular weight excluding hydrogens is 1450 g/mol. The standard InChI is InChI=1S/C85H145N9O17S/c1-74(2,3)32-33-84(23,24)71(100)91-50-82(19,20)58-106-54-78(11,12)45-67(97)89-48-80(15,16)56-104-52-76(7,8)43-65(95)86-34-37-109-63-40-61(69(99)88-36-39-108-62-30-28-60(29-31-62)70-93-94-73(111-70)112(27,102)103)41-64(42-63)110-38-35-87-66(96)44-77(9,10)53-105-57-81(17,18)49-90-68(98)46-79(13,14)55-107-59-83(21,22)51-92-72(101)85(25,26)47-75(4,5)6/h28-31,40-42H,32-39,43-59H2,1-27H3,(H,86,95)(H,87,96)(H,88,99)(H,89,97)(H,90,98)(H,91,100)(H,92,101). The van der Waals surface area contributed by atoms with Crippen molar-refractivity contribution in [1.82, 2.24) is 47.4 Å². The second-order valence-electron chi connectivity index (χ2n) is 40.8. The Balaban J connectivity index is 1.51. The Labute approximate surface area is 671 Å². The Bertz CT molecular complexity index is 3600. The van der Waals surface area contributed by atoms with Gasteiger partial charge in [-0.3, -0.25) is 33.6 Å². The van der Waals surface area contributed by atoms with E-state index in [0.717, 1.165) is 25.5 Å². The molecule has 0 bridgehead atoms. The van der Waals surface area contributed by atoms with E-state index < -0.39 is 64.3 Å². The van der Waals surface area contributed by atoms with Crippen LogP contribution in [0.25, 0.3) is 11.5 Å². The van der Waals surface area contributed by atoms with E-state index in [2.05, 4.69) is 117 Å². The Morgan fingerprint density at radius 3 is 1.05 bits per heavy atom.